The number of hydrogen-bond donors (Lipinski definition) is 1. The molecule has 0 bridgehead atoms. The monoisotopic (exact) mass is 307 g/mol. The molecular formula is C13H17N5O2S. The molecule has 1 aliphatic heterocycles. The molecule has 7 nitrogen and oxygen atoms in total. The lowest BCUT2D eigenvalue weighted by atomic mass is 10.2. The van der Waals surface area contributed by atoms with Crippen LogP contribution in [0.2, 0.25) is 0 Å². The number of nitrogens with one attached hydrogen (secondary N) is 1. The summed E-state index contributed by atoms with van der Waals surface area (Å²) in [5, 5.41) is 7.06. The molecule has 1 saturated heterocycles. The van der Waals surface area contributed by atoms with E-state index in [0.717, 1.165) is 17.9 Å². The normalized spacial score (nSPS) is 19.0. The Hall–Kier alpha value is -1.80. The van der Waals surface area contributed by atoms with Gasteiger partial charge >= 0.3 is 0 Å². The second-order valence-corrected chi connectivity index (χ2v) is 5.73. The van der Waals surface area contributed by atoms with Gasteiger partial charge in [0, 0.05) is 13.0 Å². The van der Waals surface area contributed by atoms with Gasteiger partial charge in [-0.1, -0.05) is 6.92 Å². The van der Waals surface area contributed by atoms with Crippen LogP contribution in [-0.4, -0.2) is 50.7 Å². The van der Waals surface area contributed by atoms with Crippen LogP contribution in [0.25, 0.3) is 0 Å². The van der Waals surface area contributed by atoms with Crippen molar-refractivity contribution in [2.45, 2.75) is 26.4 Å². The number of amides is 1. The Morgan fingerprint density at radius 3 is 3.14 bits per heavy atom. The van der Waals surface area contributed by atoms with Crippen molar-refractivity contribution in [1.29, 1.82) is 0 Å². The molecule has 2 aromatic rings. The van der Waals surface area contributed by atoms with Crippen molar-refractivity contribution in [3.05, 3.63) is 27.7 Å². The van der Waals surface area contributed by atoms with E-state index in [-0.39, 0.29) is 12.0 Å². The van der Waals surface area contributed by atoms with Crippen molar-refractivity contribution in [2.75, 3.05) is 19.7 Å². The van der Waals surface area contributed by atoms with Crippen LogP contribution in [0.1, 0.15) is 40.0 Å². The first kappa shape index (κ1) is 14.2. The van der Waals surface area contributed by atoms with Crippen LogP contribution in [0.15, 0.2) is 5.51 Å². The highest BCUT2D eigenvalue weighted by molar-refractivity contribution is 7.11. The number of ether oxygens (including phenoxy) is 1. The summed E-state index contributed by atoms with van der Waals surface area (Å²) in [6.07, 6.45) is 0.523. The maximum absolute atomic E-state index is 12.5. The first-order valence-electron chi connectivity index (χ1n) is 6.91. The molecule has 2 aromatic heterocycles. The van der Waals surface area contributed by atoms with E-state index in [1.807, 2.05) is 13.8 Å². The van der Waals surface area contributed by atoms with Crippen LogP contribution in [0.3, 0.4) is 0 Å². The molecule has 3 rings (SSSR count). The lowest BCUT2D eigenvalue weighted by Crippen LogP contribution is -2.42. The predicted molar refractivity (Wildman–Crippen MR) is 77.2 cm³/mol. The Morgan fingerprint density at radius 1 is 1.62 bits per heavy atom. The summed E-state index contributed by atoms with van der Waals surface area (Å²) in [5.41, 5.74) is 2.47. The molecule has 1 aliphatic rings. The van der Waals surface area contributed by atoms with Gasteiger partial charge in [-0.3, -0.25) is 9.89 Å². The molecule has 1 atom stereocenters. The van der Waals surface area contributed by atoms with Gasteiger partial charge in [0.1, 0.15) is 16.8 Å². The SMILES string of the molecule is CCc1nc([C@H]2CN(C(=O)c3scnc3C)CCO2)n[nH]1. The number of aryl methyl sites for hydroxylation is 2. The van der Waals surface area contributed by atoms with Gasteiger partial charge in [0.2, 0.25) is 0 Å². The molecule has 1 amide bonds. The van der Waals surface area contributed by atoms with Crippen LogP contribution in [-0.2, 0) is 11.2 Å². The summed E-state index contributed by atoms with van der Waals surface area (Å²) in [4.78, 5) is 23.5. The summed E-state index contributed by atoms with van der Waals surface area (Å²) >= 11 is 1.38. The van der Waals surface area contributed by atoms with Crippen LogP contribution in [0, 0.1) is 6.92 Å². The highest BCUT2D eigenvalue weighted by atomic mass is 32.1. The maximum Gasteiger partial charge on any atom is 0.266 e. The number of aromatic amines is 1. The number of morpholine rings is 1. The Labute approximate surface area is 126 Å². The molecule has 0 aromatic carbocycles. The number of thiazole rings is 1. The van der Waals surface area contributed by atoms with E-state index >= 15 is 0 Å². The molecule has 0 spiro atoms. The third-order valence-electron chi connectivity index (χ3n) is 3.47. The Morgan fingerprint density at radius 2 is 2.48 bits per heavy atom. The van der Waals surface area contributed by atoms with Crippen molar-refractivity contribution >= 4 is 17.2 Å². The lowest BCUT2D eigenvalue weighted by Gasteiger charge is -2.31. The molecule has 21 heavy (non-hydrogen) atoms. The van der Waals surface area contributed by atoms with Crippen LogP contribution in [0.5, 0.6) is 0 Å². The van der Waals surface area contributed by atoms with Crippen LogP contribution in [0.4, 0.5) is 0 Å². The average Bonchev–Trinajstić information content (AvgIpc) is 3.15. The molecule has 1 fully saturated rings. The summed E-state index contributed by atoms with van der Waals surface area (Å²) in [6, 6.07) is 0. The molecule has 8 heteroatoms. The third-order valence-corrected chi connectivity index (χ3v) is 4.38. The van der Waals surface area contributed by atoms with E-state index in [1.165, 1.54) is 11.3 Å². The zero-order chi connectivity index (χ0) is 14.8. The van der Waals surface area contributed by atoms with E-state index < -0.39 is 0 Å². The highest BCUT2D eigenvalue weighted by Crippen LogP contribution is 2.22. The standard InChI is InChI=1S/C13H17N5O2S/c1-3-10-15-12(17-16-10)9-6-18(4-5-20-9)13(19)11-8(2)14-7-21-11/h7,9H,3-6H2,1-2H3,(H,15,16,17)/t9-/m1/s1. The summed E-state index contributed by atoms with van der Waals surface area (Å²) in [7, 11) is 0. The number of carbonyl (C=O) groups is 1. The van der Waals surface area contributed by atoms with Crippen LogP contribution < -0.4 is 0 Å². The summed E-state index contributed by atoms with van der Waals surface area (Å²) in [5.74, 6) is 1.45. The average molecular weight is 307 g/mol. The minimum atomic E-state index is -0.271. The molecule has 0 saturated carbocycles. The summed E-state index contributed by atoms with van der Waals surface area (Å²) in [6.45, 7) is 5.40. The van der Waals surface area contributed by atoms with E-state index in [2.05, 4.69) is 20.2 Å². The molecule has 0 radical (unpaired) electrons. The van der Waals surface area contributed by atoms with Gasteiger partial charge in [-0.25, -0.2) is 9.97 Å². The first-order valence-corrected chi connectivity index (χ1v) is 7.79. The van der Waals surface area contributed by atoms with E-state index in [0.29, 0.717) is 30.4 Å². The van der Waals surface area contributed by atoms with Gasteiger partial charge < -0.3 is 9.64 Å². The highest BCUT2D eigenvalue weighted by Gasteiger charge is 2.29. The van der Waals surface area contributed by atoms with Crippen molar-refractivity contribution in [3.63, 3.8) is 0 Å². The smallest absolute Gasteiger partial charge is 0.266 e. The largest absolute Gasteiger partial charge is 0.366 e. The molecule has 0 aliphatic carbocycles. The number of aromatic nitrogens is 4. The lowest BCUT2D eigenvalue weighted by molar-refractivity contribution is -0.0265. The van der Waals surface area contributed by atoms with E-state index in [1.54, 1.807) is 10.4 Å². The maximum atomic E-state index is 12.5. The molecule has 3 heterocycles. The molecule has 1 N–H and O–H groups in total. The first-order chi connectivity index (χ1) is 10.2. The van der Waals surface area contributed by atoms with Gasteiger partial charge in [-0.2, -0.15) is 5.10 Å². The van der Waals surface area contributed by atoms with E-state index in [4.69, 9.17) is 4.74 Å². The minimum absolute atomic E-state index is 0.00884. The van der Waals surface area contributed by atoms with Crippen LogP contribution >= 0.6 is 11.3 Å². The van der Waals surface area contributed by atoms with Crippen molar-refractivity contribution in [2.24, 2.45) is 0 Å². The topological polar surface area (TPSA) is 84.0 Å². The van der Waals surface area contributed by atoms with Crippen molar-refractivity contribution in [1.82, 2.24) is 25.1 Å². The van der Waals surface area contributed by atoms with Crippen molar-refractivity contribution in [3.8, 4) is 0 Å². The number of rotatable bonds is 3. The van der Waals surface area contributed by atoms with Crippen molar-refractivity contribution < 1.29 is 9.53 Å². The van der Waals surface area contributed by atoms with Gasteiger partial charge in [-0.15, -0.1) is 11.3 Å². The fraction of sp³-hybridized carbons (Fsp3) is 0.538. The quantitative estimate of drug-likeness (QED) is 0.925. The van der Waals surface area contributed by atoms with Gasteiger partial charge in [-0.05, 0) is 6.92 Å². The third kappa shape index (κ3) is 2.81. The fourth-order valence-corrected chi connectivity index (χ4v) is 3.02. The molecule has 112 valence electrons. The fourth-order valence-electron chi connectivity index (χ4n) is 2.25. The molecule has 0 unspecified atom stereocenters. The Balaban J connectivity index is 1.74. The number of nitrogens with zero attached hydrogens (tertiary/aromatic N) is 4. The number of H-pyrrole nitrogens is 1. The van der Waals surface area contributed by atoms with E-state index in [9.17, 15) is 4.79 Å². The number of hydrogen-bond acceptors (Lipinski definition) is 6. The zero-order valence-corrected chi connectivity index (χ0v) is 12.8. The second kappa shape index (κ2) is 5.90. The summed E-state index contributed by atoms with van der Waals surface area (Å²) < 4.78 is 5.70. The Bertz CT molecular complexity index is 638. The second-order valence-electron chi connectivity index (χ2n) is 4.87. The molecular weight excluding hydrogens is 290 g/mol. The number of carbonyl (C=O) groups excluding carboxylic acids is 1. The zero-order valence-electron chi connectivity index (χ0n) is 12.0. The predicted octanol–water partition coefficient (Wildman–Crippen LogP) is 1.35. The van der Waals surface area contributed by atoms with Gasteiger partial charge in [0.05, 0.1) is 24.4 Å². The van der Waals surface area contributed by atoms with Gasteiger partial charge in [0.15, 0.2) is 5.82 Å². The Kier molecular flexibility index (Phi) is 3.98. The minimum Gasteiger partial charge on any atom is -0.366 e. The van der Waals surface area contributed by atoms with Gasteiger partial charge in [0.25, 0.3) is 5.91 Å².